The van der Waals surface area contributed by atoms with E-state index in [-0.39, 0.29) is 11.8 Å². The lowest BCUT2D eigenvalue weighted by molar-refractivity contribution is 0.101. The van der Waals surface area contributed by atoms with Crippen molar-refractivity contribution in [2.24, 2.45) is 0 Å². The molecular formula is C31H27Cl2N3O3. The highest BCUT2D eigenvalue weighted by molar-refractivity contribution is 6.42. The molecule has 0 aliphatic carbocycles. The average molecular weight is 560 g/mol. The molecule has 6 nitrogen and oxygen atoms in total. The van der Waals surface area contributed by atoms with Crippen LogP contribution in [0.2, 0.25) is 10.0 Å². The van der Waals surface area contributed by atoms with Gasteiger partial charge in [-0.1, -0.05) is 41.4 Å². The smallest absolute Gasteiger partial charge is 0.255 e. The molecule has 0 aromatic heterocycles. The fourth-order valence-corrected chi connectivity index (χ4v) is 4.73. The molecule has 1 heterocycles. The lowest BCUT2D eigenvalue weighted by Gasteiger charge is -2.28. The Morgan fingerprint density at radius 1 is 0.718 bits per heavy atom. The third kappa shape index (κ3) is 6.42. The Morgan fingerprint density at radius 2 is 1.33 bits per heavy atom. The van der Waals surface area contributed by atoms with Gasteiger partial charge in [0, 0.05) is 41.3 Å². The number of hydrogen-bond acceptors (Lipinski definition) is 4. The van der Waals surface area contributed by atoms with Crippen LogP contribution in [-0.2, 0) is 4.74 Å². The number of hydrogen-bond donors (Lipinski definition) is 2. The second kappa shape index (κ2) is 11.9. The summed E-state index contributed by atoms with van der Waals surface area (Å²) in [6.45, 7) is 5.17. The monoisotopic (exact) mass is 559 g/mol. The molecular weight excluding hydrogens is 533 g/mol. The summed E-state index contributed by atoms with van der Waals surface area (Å²) in [7, 11) is 0. The summed E-state index contributed by atoms with van der Waals surface area (Å²) in [5.74, 6) is -0.447. The molecule has 0 radical (unpaired) electrons. The van der Waals surface area contributed by atoms with E-state index in [9.17, 15) is 9.59 Å². The predicted octanol–water partition coefficient (Wildman–Crippen LogP) is 7.31. The normalized spacial score (nSPS) is 13.2. The molecule has 2 amide bonds. The Kier molecular flexibility index (Phi) is 8.17. The van der Waals surface area contributed by atoms with Gasteiger partial charge in [-0.25, -0.2) is 0 Å². The van der Waals surface area contributed by atoms with Gasteiger partial charge in [0.25, 0.3) is 11.8 Å². The van der Waals surface area contributed by atoms with Gasteiger partial charge in [0.15, 0.2) is 0 Å². The van der Waals surface area contributed by atoms with Crippen LogP contribution >= 0.6 is 23.2 Å². The maximum absolute atomic E-state index is 13.0. The van der Waals surface area contributed by atoms with E-state index in [1.54, 1.807) is 30.3 Å². The van der Waals surface area contributed by atoms with Gasteiger partial charge in [-0.3, -0.25) is 9.59 Å². The molecule has 1 saturated heterocycles. The fraction of sp³-hybridized carbons (Fsp3) is 0.161. The molecule has 4 aromatic carbocycles. The molecule has 0 spiro atoms. The second-order valence-electron chi connectivity index (χ2n) is 9.29. The molecule has 8 heteroatoms. The zero-order valence-electron chi connectivity index (χ0n) is 21.3. The van der Waals surface area contributed by atoms with Crippen molar-refractivity contribution < 1.29 is 14.3 Å². The molecule has 0 saturated carbocycles. The van der Waals surface area contributed by atoms with Crippen molar-refractivity contribution in [2.75, 3.05) is 41.8 Å². The number of benzene rings is 4. The Hall–Kier alpha value is -3.84. The van der Waals surface area contributed by atoms with E-state index in [0.717, 1.165) is 54.4 Å². The minimum atomic E-state index is -0.260. The Labute approximate surface area is 237 Å². The number of morpholine rings is 1. The van der Waals surface area contributed by atoms with Crippen LogP contribution in [0.25, 0.3) is 11.1 Å². The van der Waals surface area contributed by atoms with E-state index in [1.807, 2.05) is 61.5 Å². The fourth-order valence-electron chi connectivity index (χ4n) is 4.43. The van der Waals surface area contributed by atoms with E-state index in [4.69, 9.17) is 27.9 Å². The van der Waals surface area contributed by atoms with Crippen molar-refractivity contribution in [1.82, 2.24) is 0 Å². The topological polar surface area (TPSA) is 70.7 Å². The zero-order valence-corrected chi connectivity index (χ0v) is 22.9. The van der Waals surface area contributed by atoms with Gasteiger partial charge in [0.2, 0.25) is 0 Å². The number of carbonyl (C=O) groups excluding carboxylic acids is 2. The summed E-state index contributed by atoms with van der Waals surface area (Å²) in [5.41, 5.74) is 6.30. The van der Waals surface area contributed by atoms with E-state index in [0.29, 0.717) is 26.9 Å². The average Bonchev–Trinajstić information content (AvgIpc) is 2.96. The molecule has 1 aliphatic heterocycles. The molecule has 4 aromatic rings. The first-order chi connectivity index (χ1) is 18.9. The van der Waals surface area contributed by atoms with Gasteiger partial charge in [0.05, 0.1) is 23.3 Å². The third-order valence-corrected chi connectivity index (χ3v) is 7.38. The number of amides is 2. The summed E-state index contributed by atoms with van der Waals surface area (Å²) < 4.78 is 5.42. The standard InChI is InChI=1S/C31H27Cl2N3O3/c1-20-2-3-23(31(38)34-24-8-11-26(12-9-24)36-14-16-39-17-15-36)18-27(20)21-4-6-22(7-5-21)30(37)35-25-10-13-28(32)29(33)19-25/h2-13,18-19H,14-17H2,1H3,(H,34,38)(H,35,37). The van der Waals surface area contributed by atoms with Crippen LogP contribution in [0.1, 0.15) is 26.3 Å². The quantitative estimate of drug-likeness (QED) is 0.260. The van der Waals surface area contributed by atoms with Crippen molar-refractivity contribution in [3.8, 4) is 11.1 Å². The molecule has 39 heavy (non-hydrogen) atoms. The van der Waals surface area contributed by atoms with Crippen LogP contribution in [0.4, 0.5) is 17.1 Å². The SMILES string of the molecule is Cc1ccc(C(=O)Nc2ccc(N3CCOCC3)cc2)cc1-c1ccc(C(=O)Nc2ccc(Cl)c(Cl)c2)cc1. The number of rotatable bonds is 6. The number of halogens is 2. The third-order valence-electron chi connectivity index (χ3n) is 6.64. The van der Waals surface area contributed by atoms with Crippen LogP contribution in [0.3, 0.4) is 0 Å². The summed E-state index contributed by atoms with van der Waals surface area (Å²) in [4.78, 5) is 28.0. The van der Waals surface area contributed by atoms with Crippen molar-refractivity contribution in [3.05, 3.63) is 112 Å². The summed E-state index contributed by atoms with van der Waals surface area (Å²) in [6.07, 6.45) is 0. The molecule has 5 rings (SSSR count). The van der Waals surface area contributed by atoms with Crippen LogP contribution < -0.4 is 15.5 Å². The number of carbonyl (C=O) groups is 2. The van der Waals surface area contributed by atoms with E-state index in [2.05, 4.69) is 15.5 Å². The van der Waals surface area contributed by atoms with Crippen LogP contribution in [0.15, 0.2) is 84.9 Å². The molecule has 0 unspecified atom stereocenters. The van der Waals surface area contributed by atoms with Gasteiger partial charge in [-0.05, 0) is 90.3 Å². The van der Waals surface area contributed by atoms with Crippen LogP contribution in [0, 0.1) is 6.92 Å². The summed E-state index contributed by atoms with van der Waals surface area (Å²) in [5, 5.41) is 6.60. The van der Waals surface area contributed by atoms with E-state index < -0.39 is 0 Å². The van der Waals surface area contributed by atoms with Crippen molar-refractivity contribution >= 4 is 52.1 Å². The van der Waals surface area contributed by atoms with Crippen molar-refractivity contribution in [2.45, 2.75) is 6.92 Å². The first kappa shape index (κ1) is 26.8. The highest BCUT2D eigenvalue weighted by atomic mass is 35.5. The number of ether oxygens (including phenoxy) is 1. The van der Waals surface area contributed by atoms with Crippen LogP contribution in [0.5, 0.6) is 0 Å². The molecule has 198 valence electrons. The minimum Gasteiger partial charge on any atom is -0.378 e. The molecule has 1 aliphatic rings. The highest BCUT2D eigenvalue weighted by Gasteiger charge is 2.14. The molecule has 0 bridgehead atoms. The lowest BCUT2D eigenvalue weighted by Crippen LogP contribution is -2.36. The number of aryl methyl sites for hydroxylation is 1. The van der Waals surface area contributed by atoms with Crippen LogP contribution in [-0.4, -0.2) is 38.1 Å². The number of nitrogens with one attached hydrogen (secondary N) is 2. The Morgan fingerprint density at radius 3 is 2.03 bits per heavy atom. The van der Waals surface area contributed by atoms with E-state index >= 15 is 0 Å². The lowest BCUT2D eigenvalue weighted by atomic mass is 9.97. The Balaban J connectivity index is 1.27. The Bertz CT molecular complexity index is 1500. The summed E-state index contributed by atoms with van der Waals surface area (Å²) >= 11 is 12.0. The first-order valence-electron chi connectivity index (χ1n) is 12.6. The maximum atomic E-state index is 13.0. The molecule has 0 atom stereocenters. The first-order valence-corrected chi connectivity index (χ1v) is 13.3. The van der Waals surface area contributed by atoms with Crippen molar-refractivity contribution in [1.29, 1.82) is 0 Å². The van der Waals surface area contributed by atoms with Gasteiger partial charge < -0.3 is 20.3 Å². The molecule has 1 fully saturated rings. The maximum Gasteiger partial charge on any atom is 0.255 e. The second-order valence-corrected chi connectivity index (χ2v) is 10.1. The van der Waals surface area contributed by atoms with Gasteiger partial charge >= 0.3 is 0 Å². The van der Waals surface area contributed by atoms with E-state index in [1.165, 1.54) is 0 Å². The summed E-state index contributed by atoms with van der Waals surface area (Å²) in [6, 6.07) is 25.7. The van der Waals surface area contributed by atoms with Gasteiger partial charge in [-0.15, -0.1) is 0 Å². The minimum absolute atomic E-state index is 0.187. The predicted molar refractivity (Wildman–Crippen MR) is 158 cm³/mol. The van der Waals surface area contributed by atoms with Crippen molar-refractivity contribution in [3.63, 3.8) is 0 Å². The largest absolute Gasteiger partial charge is 0.378 e. The highest BCUT2D eigenvalue weighted by Crippen LogP contribution is 2.28. The number of nitrogens with zero attached hydrogens (tertiary/aromatic N) is 1. The van der Waals surface area contributed by atoms with Gasteiger partial charge in [-0.2, -0.15) is 0 Å². The molecule has 2 N–H and O–H groups in total. The zero-order chi connectivity index (χ0) is 27.4. The van der Waals surface area contributed by atoms with Gasteiger partial charge in [0.1, 0.15) is 0 Å². The number of anilines is 3.